The number of rotatable bonds is 7. The summed E-state index contributed by atoms with van der Waals surface area (Å²) in [6.07, 6.45) is 0. The van der Waals surface area contributed by atoms with Crippen LogP contribution in [0.25, 0.3) is 0 Å². The summed E-state index contributed by atoms with van der Waals surface area (Å²) in [6, 6.07) is 10.8. The zero-order valence-electron chi connectivity index (χ0n) is 14.4. The molecule has 7 heteroatoms. The molecular formula is C18H21NO5S. The molecule has 2 aromatic carbocycles. The second-order valence-corrected chi connectivity index (χ2v) is 6.94. The van der Waals surface area contributed by atoms with E-state index in [0.29, 0.717) is 29.2 Å². The molecule has 6 nitrogen and oxygen atoms in total. The topological polar surface area (TPSA) is 81.7 Å². The summed E-state index contributed by atoms with van der Waals surface area (Å²) in [4.78, 5) is 11.9. The molecule has 0 saturated carbocycles. The second-order valence-electron chi connectivity index (χ2n) is 5.26. The number of carbonyl (C=O) groups is 1. The lowest BCUT2D eigenvalue weighted by Crippen LogP contribution is -2.14. The van der Waals surface area contributed by atoms with Crippen LogP contribution in [0.2, 0.25) is 0 Å². The fraction of sp³-hybridized carbons (Fsp3) is 0.278. The first-order chi connectivity index (χ1) is 11.9. The lowest BCUT2D eigenvalue weighted by atomic mass is 10.1. The third-order valence-electron chi connectivity index (χ3n) is 3.43. The smallest absolute Gasteiger partial charge is 0.338 e. The van der Waals surface area contributed by atoms with Crippen molar-refractivity contribution in [2.45, 2.75) is 25.7 Å². The van der Waals surface area contributed by atoms with Gasteiger partial charge >= 0.3 is 5.97 Å². The van der Waals surface area contributed by atoms with Gasteiger partial charge in [-0.3, -0.25) is 4.72 Å². The molecule has 0 heterocycles. The molecule has 2 aromatic rings. The Kier molecular flexibility index (Phi) is 6.03. The van der Waals surface area contributed by atoms with E-state index in [-0.39, 0.29) is 11.5 Å². The number of hydrogen-bond acceptors (Lipinski definition) is 5. The molecule has 0 unspecified atom stereocenters. The SMILES string of the molecule is CCOC(=O)c1ccc(NS(=O)(=O)c2ccc(OCC)cc2)c(C)c1. The van der Waals surface area contributed by atoms with E-state index in [1.165, 1.54) is 18.2 Å². The van der Waals surface area contributed by atoms with Crippen molar-refractivity contribution in [1.29, 1.82) is 0 Å². The molecule has 25 heavy (non-hydrogen) atoms. The molecule has 2 rings (SSSR count). The molecule has 0 saturated heterocycles. The zero-order valence-corrected chi connectivity index (χ0v) is 15.2. The van der Waals surface area contributed by atoms with Gasteiger partial charge < -0.3 is 9.47 Å². The van der Waals surface area contributed by atoms with Crippen molar-refractivity contribution < 1.29 is 22.7 Å². The van der Waals surface area contributed by atoms with Gasteiger partial charge in [0.05, 0.1) is 29.4 Å². The maximum absolute atomic E-state index is 12.5. The van der Waals surface area contributed by atoms with Crippen molar-refractivity contribution in [1.82, 2.24) is 0 Å². The summed E-state index contributed by atoms with van der Waals surface area (Å²) in [5.74, 6) is 0.169. The summed E-state index contributed by atoms with van der Waals surface area (Å²) in [7, 11) is -3.73. The standard InChI is InChI=1S/C18H21NO5S/c1-4-23-15-7-9-16(10-8-15)25(21,22)19-17-11-6-14(12-13(17)3)18(20)24-5-2/h6-12,19H,4-5H2,1-3H3. The molecule has 0 radical (unpaired) electrons. The third-order valence-corrected chi connectivity index (χ3v) is 4.81. The highest BCUT2D eigenvalue weighted by Gasteiger charge is 2.16. The molecule has 0 fully saturated rings. The van der Waals surface area contributed by atoms with Crippen molar-refractivity contribution in [2.24, 2.45) is 0 Å². The molecule has 0 spiro atoms. The second kappa shape index (κ2) is 8.02. The van der Waals surface area contributed by atoms with E-state index in [1.54, 1.807) is 38.1 Å². The highest BCUT2D eigenvalue weighted by Crippen LogP contribution is 2.22. The normalized spacial score (nSPS) is 11.0. The van der Waals surface area contributed by atoms with Crippen molar-refractivity contribution in [3.63, 3.8) is 0 Å². The van der Waals surface area contributed by atoms with Crippen LogP contribution in [-0.4, -0.2) is 27.6 Å². The van der Waals surface area contributed by atoms with E-state index in [4.69, 9.17) is 9.47 Å². The Balaban J connectivity index is 2.21. The van der Waals surface area contributed by atoms with E-state index in [9.17, 15) is 13.2 Å². The van der Waals surface area contributed by atoms with Gasteiger partial charge in [0.25, 0.3) is 10.0 Å². The Bertz CT molecular complexity index is 844. The van der Waals surface area contributed by atoms with Crippen LogP contribution in [0.4, 0.5) is 5.69 Å². The van der Waals surface area contributed by atoms with Crippen LogP contribution in [0.3, 0.4) is 0 Å². The Morgan fingerprint density at radius 2 is 1.72 bits per heavy atom. The first-order valence-electron chi connectivity index (χ1n) is 7.90. The molecular weight excluding hydrogens is 342 g/mol. The first-order valence-corrected chi connectivity index (χ1v) is 9.39. The number of hydrogen-bond donors (Lipinski definition) is 1. The third kappa shape index (κ3) is 4.73. The number of esters is 1. The molecule has 134 valence electrons. The minimum absolute atomic E-state index is 0.129. The number of aryl methyl sites for hydroxylation is 1. The Hall–Kier alpha value is -2.54. The summed E-state index contributed by atoms with van der Waals surface area (Å²) >= 11 is 0. The quantitative estimate of drug-likeness (QED) is 0.763. The summed E-state index contributed by atoms with van der Waals surface area (Å²) in [5, 5.41) is 0. The molecule has 0 atom stereocenters. The molecule has 0 aliphatic carbocycles. The van der Waals surface area contributed by atoms with Crippen molar-refractivity contribution >= 4 is 21.7 Å². The molecule has 0 aromatic heterocycles. The van der Waals surface area contributed by atoms with Crippen molar-refractivity contribution in [3.05, 3.63) is 53.6 Å². The number of benzene rings is 2. The number of anilines is 1. The van der Waals surface area contributed by atoms with E-state index >= 15 is 0 Å². The Morgan fingerprint density at radius 3 is 2.28 bits per heavy atom. The van der Waals surface area contributed by atoms with Crippen LogP contribution < -0.4 is 9.46 Å². The van der Waals surface area contributed by atoms with Crippen LogP contribution in [-0.2, 0) is 14.8 Å². The van der Waals surface area contributed by atoms with Crippen LogP contribution in [0.15, 0.2) is 47.4 Å². The number of nitrogens with one attached hydrogen (secondary N) is 1. The zero-order chi connectivity index (χ0) is 18.4. The van der Waals surface area contributed by atoms with Crippen LogP contribution in [0.5, 0.6) is 5.75 Å². The summed E-state index contributed by atoms with van der Waals surface area (Å²) in [6.45, 7) is 6.10. The van der Waals surface area contributed by atoms with E-state index in [2.05, 4.69) is 4.72 Å². The molecule has 0 aliphatic heterocycles. The van der Waals surface area contributed by atoms with Gasteiger partial charge in [-0.25, -0.2) is 13.2 Å². The average Bonchev–Trinajstić information content (AvgIpc) is 2.57. The van der Waals surface area contributed by atoms with Gasteiger partial charge in [-0.2, -0.15) is 0 Å². The van der Waals surface area contributed by atoms with Gasteiger partial charge in [-0.1, -0.05) is 0 Å². The fourth-order valence-electron chi connectivity index (χ4n) is 2.20. The van der Waals surface area contributed by atoms with Crippen LogP contribution in [0.1, 0.15) is 29.8 Å². The summed E-state index contributed by atoms with van der Waals surface area (Å²) < 4.78 is 37.8. The first kappa shape index (κ1) is 18.8. The van der Waals surface area contributed by atoms with E-state index in [0.717, 1.165) is 0 Å². The van der Waals surface area contributed by atoms with Crippen molar-refractivity contribution in [3.8, 4) is 5.75 Å². The van der Waals surface area contributed by atoms with Gasteiger partial charge in [0.2, 0.25) is 0 Å². The van der Waals surface area contributed by atoms with Crippen LogP contribution >= 0.6 is 0 Å². The van der Waals surface area contributed by atoms with Gasteiger partial charge in [0.1, 0.15) is 5.75 Å². The van der Waals surface area contributed by atoms with Crippen LogP contribution in [0, 0.1) is 6.92 Å². The highest BCUT2D eigenvalue weighted by molar-refractivity contribution is 7.92. The Labute approximate surface area is 147 Å². The van der Waals surface area contributed by atoms with Gasteiger partial charge in [0, 0.05) is 0 Å². The lowest BCUT2D eigenvalue weighted by molar-refractivity contribution is 0.0526. The molecule has 0 bridgehead atoms. The number of carbonyl (C=O) groups excluding carboxylic acids is 1. The predicted molar refractivity (Wildman–Crippen MR) is 95.6 cm³/mol. The molecule has 1 N–H and O–H groups in total. The predicted octanol–water partition coefficient (Wildman–Crippen LogP) is 3.37. The maximum atomic E-state index is 12.5. The monoisotopic (exact) mass is 363 g/mol. The van der Waals surface area contributed by atoms with Crippen molar-refractivity contribution in [2.75, 3.05) is 17.9 Å². The lowest BCUT2D eigenvalue weighted by Gasteiger charge is -2.12. The van der Waals surface area contributed by atoms with Gasteiger partial charge in [0.15, 0.2) is 0 Å². The fourth-order valence-corrected chi connectivity index (χ4v) is 3.34. The molecule has 0 aliphatic rings. The minimum Gasteiger partial charge on any atom is -0.494 e. The maximum Gasteiger partial charge on any atom is 0.338 e. The van der Waals surface area contributed by atoms with E-state index < -0.39 is 16.0 Å². The average molecular weight is 363 g/mol. The summed E-state index contributed by atoms with van der Waals surface area (Å²) in [5.41, 5.74) is 1.41. The number of sulfonamides is 1. The largest absolute Gasteiger partial charge is 0.494 e. The van der Waals surface area contributed by atoms with Gasteiger partial charge in [-0.15, -0.1) is 0 Å². The Morgan fingerprint density at radius 1 is 1.04 bits per heavy atom. The highest BCUT2D eigenvalue weighted by atomic mass is 32.2. The van der Waals surface area contributed by atoms with Gasteiger partial charge in [-0.05, 0) is 68.8 Å². The number of ether oxygens (including phenoxy) is 2. The molecule has 0 amide bonds. The minimum atomic E-state index is -3.73. The van der Waals surface area contributed by atoms with E-state index in [1.807, 2.05) is 6.92 Å².